The van der Waals surface area contributed by atoms with Crippen LogP contribution in [0.1, 0.15) is 19.8 Å². The summed E-state index contributed by atoms with van der Waals surface area (Å²) in [4.78, 5) is 10.5. The maximum absolute atomic E-state index is 10.5. The Morgan fingerprint density at radius 3 is 2.80 bits per heavy atom. The summed E-state index contributed by atoms with van der Waals surface area (Å²) < 4.78 is 0. The van der Waals surface area contributed by atoms with E-state index in [4.69, 9.17) is 5.11 Å². The molecule has 0 radical (unpaired) electrons. The van der Waals surface area contributed by atoms with Gasteiger partial charge in [-0.1, -0.05) is 19.1 Å². The number of carbonyl (C=O) groups is 1. The van der Waals surface area contributed by atoms with Gasteiger partial charge in [-0.3, -0.25) is 4.79 Å². The zero-order valence-corrected chi connectivity index (χ0v) is 6.08. The van der Waals surface area contributed by atoms with Crippen molar-refractivity contribution in [1.29, 1.82) is 0 Å². The summed E-state index contributed by atoms with van der Waals surface area (Å²) in [5.74, 6) is -0.590. The van der Waals surface area contributed by atoms with Gasteiger partial charge in [0.25, 0.3) is 0 Å². The van der Waals surface area contributed by atoms with E-state index in [9.17, 15) is 4.79 Å². The Morgan fingerprint density at radius 1 is 1.70 bits per heavy atom. The molecule has 1 aliphatic rings. The highest BCUT2D eigenvalue weighted by molar-refractivity contribution is 5.70. The lowest BCUT2D eigenvalue weighted by molar-refractivity contribution is -0.143. The first-order chi connectivity index (χ1) is 4.72. The summed E-state index contributed by atoms with van der Waals surface area (Å²) in [5.41, 5.74) is 0. The molecule has 10 heavy (non-hydrogen) atoms. The van der Waals surface area contributed by atoms with Crippen LogP contribution in [0.25, 0.3) is 0 Å². The Hall–Kier alpha value is -0.790. The quantitative estimate of drug-likeness (QED) is 0.562. The molecule has 1 rings (SSSR count). The van der Waals surface area contributed by atoms with Crippen LogP contribution < -0.4 is 0 Å². The molecule has 2 heteroatoms. The summed E-state index contributed by atoms with van der Waals surface area (Å²) in [6.07, 6.45) is 5.76. The van der Waals surface area contributed by atoms with Gasteiger partial charge in [0, 0.05) is 0 Å². The fourth-order valence-corrected chi connectivity index (χ4v) is 1.33. The summed E-state index contributed by atoms with van der Waals surface area (Å²) in [6.45, 7) is 1.95. The van der Waals surface area contributed by atoms with Gasteiger partial charge in [0.2, 0.25) is 0 Å². The molecular weight excluding hydrogens is 128 g/mol. The number of allylic oxidation sites excluding steroid dienone is 2. The molecule has 2 atom stereocenters. The maximum Gasteiger partial charge on any atom is 0.307 e. The van der Waals surface area contributed by atoms with Gasteiger partial charge in [-0.05, 0) is 18.8 Å². The van der Waals surface area contributed by atoms with E-state index >= 15 is 0 Å². The van der Waals surface area contributed by atoms with Crippen molar-refractivity contribution >= 4 is 5.97 Å². The molecule has 0 saturated carbocycles. The predicted molar refractivity (Wildman–Crippen MR) is 38.7 cm³/mol. The van der Waals surface area contributed by atoms with Crippen LogP contribution in [0.5, 0.6) is 0 Å². The molecule has 56 valence electrons. The molecule has 1 N–H and O–H groups in total. The van der Waals surface area contributed by atoms with Crippen molar-refractivity contribution < 1.29 is 9.90 Å². The number of aliphatic carboxylic acids is 1. The number of carboxylic acid groups (broad SMARTS) is 1. The van der Waals surface area contributed by atoms with E-state index in [1.165, 1.54) is 0 Å². The number of rotatable bonds is 1. The summed E-state index contributed by atoms with van der Waals surface area (Å²) >= 11 is 0. The van der Waals surface area contributed by atoms with Crippen LogP contribution in [-0.2, 0) is 4.79 Å². The highest BCUT2D eigenvalue weighted by Gasteiger charge is 2.23. The number of hydrogen-bond donors (Lipinski definition) is 1. The molecular formula is C8H12O2. The monoisotopic (exact) mass is 140 g/mol. The van der Waals surface area contributed by atoms with Crippen LogP contribution in [0, 0.1) is 11.8 Å². The topological polar surface area (TPSA) is 37.3 Å². The molecule has 0 amide bonds. The molecule has 0 aromatic rings. The molecule has 0 saturated heterocycles. The van der Waals surface area contributed by atoms with Gasteiger partial charge in [0.15, 0.2) is 0 Å². The van der Waals surface area contributed by atoms with Crippen molar-refractivity contribution in [2.75, 3.05) is 0 Å². The normalized spacial score (nSPS) is 32.1. The van der Waals surface area contributed by atoms with Gasteiger partial charge >= 0.3 is 5.97 Å². The van der Waals surface area contributed by atoms with Crippen molar-refractivity contribution in [2.24, 2.45) is 11.8 Å². The smallest absolute Gasteiger partial charge is 0.307 e. The largest absolute Gasteiger partial charge is 0.481 e. The second kappa shape index (κ2) is 2.86. The minimum absolute atomic E-state index is 0.148. The third-order valence-corrected chi connectivity index (χ3v) is 2.04. The molecule has 0 aliphatic heterocycles. The highest BCUT2D eigenvalue weighted by Crippen LogP contribution is 2.23. The zero-order chi connectivity index (χ0) is 7.56. The van der Waals surface area contributed by atoms with E-state index in [0.29, 0.717) is 0 Å². The predicted octanol–water partition coefficient (Wildman–Crippen LogP) is 1.67. The van der Waals surface area contributed by atoms with Crippen molar-refractivity contribution in [3.63, 3.8) is 0 Å². The average Bonchev–Trinajstić information content (AvgIpc) is 1.88. The van der Waals surface area contributed by atoms with Crippen molar-refractivity contribution in [2.45, 2.75) is 19.8 Å². The summed E-state index contributed by atoms with van der Waals surface area (Å²) in [7, 11) is 0. The molecule has 0 heterocycles. The molecule has 0 bridgehead atoms. The van der Waals surface area contributed by atoms with Gasteiger partial charge in [0.1, 0.15) is 0 Å². The van der Waals surface area contributed by atoms with Gasteiger partial charge in [-0.25, -0.2) is 0 Å². The van der Waals surface area contributed by atoms with E-state index in [0.717, 1.165) is 12.8 Å². The lowest BCUT2D eigenvalue weighted by atomic mass is 9.85. The van der Waals surface area contributed by atoms with E-state index in [2.05, 4.69) is 6.08 Å². The molecule has 0 fully saturated rings. The standard InChI is InChI=1S/C8H12O2/c1-6-4-2-3-5-7(6)8(9)10/h2,4,6-7H,3,5H2,1H3,(H,9,10)/t6-,7?/m1/s1. The van der Waals surface area contributed by atoms with Crippen LogP contribution in [0.3, 0.4) is 0 Å². The first-order valence-corrected chi connectivity index (χ1v) is 3.61. The average molecular weight is 140 g/mol. The SMILES string of the molecule is C[C@@H]1C=CCCC1C(=O)O. The Morgan fingerprint density at radius 2 is 2.40 bits per heavy atom. The number of carboxylic acids is 1. The van der Waals surface area contributed by atoms with Crippen molar-refractivity contribution in [1.82, 2.24) is 0 Å². The van der Waals surface area contributed by atoms with Gasteiger partial charge in [-0.15, -0.1) is 0 Å². The second-order valence-electron chi connectivity index (χ2n) is 2.81. The molecule has 0 aromatic heterocycles. The van der Waals surface area contributed by atoms with E-state index < -0.39 is 5.97 Å². The highest BCUT2D eigenvalue weighted by atomic mass is 16.4. The van der Waals surface area contributed by atoms with Gasteiger partial charge in [0.05, 0.1) is 5.92 Å². The van der Waals surface area contributed by atoms with Gasteiger partial charge in [-0.2, -0.15) is 0 Å². The minimum atomic E-state index is -0.656. The van der Waals surface area contributed by atoms with Crippen LogP contribution >= 0.6 is 0 Å². The molecule has 1 unspecified atom stereocenters. The third kappa shape index (κ3) is 1.38. The fraction of sp³-hybridized carbons (Fsp3) is 0.625. The summed E-state index contributed by atoms with van der Waals surface area (Å²) in [5, 5.41) is 8.67. The summed E-state index contributed by atoms with van der Waals surface area (Å²) in [6, 6.07) is 0. The third-order valence-electron chi connectivity index (χ3n) is 2.04. The molecule has 0 spiro atoms. The Bertz CT molecular complexity index is 161. The van der Waals surface area contributed by atoms with Crippen LogP contribution in [0.4, 0.5) is 0 Å². The lowest BCUT2D eigenvalue weighted by Gasteiger charge is -2.19. The number of hydrogen-bond acceptors (Lipinski definition) is 1. The lowest BCUT2D eigenvalue weighted by Crippen LogP contribution is -2.21. The van der Waals surface area contributed by atoms with Crippen LogP contribution in [0.2, 0.25) is 0 Å². The second-order valence-corrected chi connectivity index (χ2v) is 2.81. The van der Waals surface area contributed by atoms with Crippen LogP contribution in [0.15, 0.2) is 12.2 Å². The maximum atomic E-state index is 10.5. The molecule has 1 aliphatic carbocycles. The van der Waals surface area contributed by atoms with Crippen molar-refractivity contribution in [3.05, 3.63) is 12.2 Å². The van der Waals surface area contributed by atoms with Crippen LogP contribution in [-0.4, -0.2) is 11.1 Å². The Labute approximate surface area is 60.6 Å². The minimum Gasteiger partial charge on any atom is -0.481 e. The Kier molecular flexibility index (Phi) is 2.10. The first-order valence-electron chi connectivity index (χ1n) is 3.61. The first kappa shape index (κ1) is 7.32. The van der Waals surface area contributed by atoms with E-state index in [1.807, 2.05) is 13.0 Å². The van der Waals surface area contributed by atoms with Gasteiger partial charge < -0.3 is 5.11 Å². The van der Waals surface area contributed by atoms with E-state index in [1.54, 1.807) is 0 Å². The molecule has 0 aromatic carbocycles. The van der Waals surface area contributed by atoms with Crippen molar-refractivity contribution in [3.8, 4) is 0 Å². The fourth-order valence-electron chi connectivity index (χ4n) is 1.33. The molecule has 2 nitrogen and oxygen atoms in total. The van der Waals surface area contributed by atoms with E-state index in [-0.39, 0.29) is 11.8 Å². The zero-order valence-electron chi connectivity index (χ0n) is 6.08. The Balaban J connectivity index is 2.60.